The Morgan fingerprint density at radius 3 is 2.56 bits per heavy atom. The van der Waals surface area contributed by atoms with E-state index in [1.54, 1.807) is 24.3 Å². The number of amides is 3. The number of nitrogens with zero attached hydrogens (tertiary/aromatic N) is 1. The molecule has 1 heterocycles. The molecule has 1 aliphatic heterocycles. The molecule has 3 N–H and O–H groups in total. The minimum Gasteiger partial charge on any atom is -0.351 e. The van der Waals surface area contributed by atoms with E-state index in [9.17, 15) is 9.59 Å². The van der Waals surface area contributed by atoms with Crippen LogP contribution in [0, 0.1) is 0 Å². The fourth-order valence-electron chi connectivity index (χ4n) is 3.19. The number of carbonyl (C=O) groups is 2. The molecule has 3 rings (SSSR count). The number of hydrogen-bond donors (Lipinski definition) is 3. The lowest BCUT2D eigenvalue weighted by atomic mass is 10.0. The number of nitrogens with one attached hydrogen (secondary N) is 3. The fraction of sp³-hybridized carbons (Fsp3) is 0.579. The van der Waals surface area contributed by atoms with E-state index in [4.69, 9.17) is 0 Å². The molecule has 0 radical (unpaired) electrons. The normalized spacial score (nSPS) is 20.8. The molecule has 1 atom stereocenters. The highest BCUT2D eigenvalue weighted by Gasteiger charge is 2.23. The Balaban J connectivity index is 1.41. The highest BCUT2D eigenvalue weighted by atomic mass is 16.2. The smallest absolute Gasteiger partial charge is 0.319 e. The molecule has 6 heteroatoms. The topological polar surface area (TPSA) is 73.5 Å². The van der Waals surface area contributed by atoms with Crippen LogP contribution in [0.4, 0.5) is 10.5 Å². The second-order valence-electron chi connectivity index (χ2n) is 7.09. The summed E-state index contributed by atoms with van der Waals surface area (Å²) in [4.78, 5) is 26.4. The van der Waals surface area contributed by atoms with Gasteiger partial charge < -0.3 is 16.0 Å². The van der Waals surface area contributed by atoms with Crippen molar-refractivity contribution < 1.29 is 9.59 Å². The van der Waals surface area contributed by atoms with E-state index in [2.05, 4.69) is 27.8 Å². The lowest BCUT2D eigenvalue weighted by Crippen LogP contribution is -2.42. The van der Waals surface area contributed by atoms with Gasteiger partial charge in [-0.25, -0.2) is 4.79 Å². The highest BCUT2D eigenvalue weighted by Crippen LogP contribution is 2.19. The van der Waals surface area contributed by atoms with Gasteiger partial charge >= 0.3 is 6.03 Å². The number of rotatable bonds is 6. The van der Waals surface area contributed by atoms with Crippen molar-refractivity contribution in [2.75, 3.05) is 25.0 Å². The second-order valence-corrected chi connectivity index (χ2v) is 7.09. The monoisotopic (exact) mass is 344 g/mol. The molecule has 1 aromatic carbocycles. The average Bonchev–Trinajstić information content (AvgIpc) is 3.41. The van der Waals surface area contributed by atoms with Gasteiger partial charge in [-0.3, -0.25) is 9.69 Å². The van der Waals surface area contributed by atoms with Crippen LogP contribution in [0.1, 0.15) is 49.4 Å². The van der Waals surface area contributed by atoms with Gasteiger partial charge in [0.1, 0.15) is 0 Å². The number of piperidine rings is 1. The van der Waals surface area contributed by atoms with Crippen LogP contribution in [0.5, 0.6) is 0 Å². The molecule has 1 saturated heterocycles. The Hall–Kier alpha value is -2.08. The molecular formula is C19H28N4O2. The summed E-state index contributed by atoms with van der Waals surface area (Å²) in [5, 5.41) is 8.63. The maximum atomic E-state index is 12.2. The number of likely N-dealkylation sites (tertiary alicyclic amines) is 1. The van der Waals surface area contributed by atoms with Crippen molar-refractivity contribution in [2.45, 2.75) is 51.1 Å². The highest BCUT2D eigenvalue weighted by molar-refractivity contribution is 5.95. The Morgan fingerprint density at radius 1 is 1.12 bits per heavy atom. The summed E-state index contributed by atoms with van der Waals surface area (Å²) in [6.45, 7) is 4.94. The van der Waals surface area contributed by atoms with Gasteiger partial charge in [-0.15, -0.1) is 0 Å². The Bertz CT molecular complexity index is 598. The van der Waals surface area contributed by atoms with Crippen molar-refractivity contribution in [2.24, 2.45) is 0 Å². The van der Waals surface area contributed by atoms with E-state index in [-0.39, 0.29) is 11.9 Å². The van der Waals surface area contributed by atoms with Crippen LogP contribution in [-0.2, 0) is 0 Å². The van der Waals surface area contributed by atoms with Gasteiger partial charge in [-0.1, -0.05) is 6.42 Å². The molecule has 2 aliphatic rings. The number of urea groups is 1. The predicted octanol–water partition coefficient (Wildman–Crippen LogP) is 2.57. The minimum absolute atomic E-state index is 0.0707. The maximum absolute atomic E-state index is 12.2. The molecule has 1 unspecified atom stereocenters. The van der Waals surface area contributed by atoms with Crippen LogP contribution in [-0.4, -0.2) is 48.6 Å². The first kappa shape index (κ1) is 17.7. The molecule has 25 heavy (non-hydrogen) atoms. The quantitative estimate of drug-likeness (QED) is 0.742. The maximum Gasteiger partial charge on any atom is 0.319 e. The zero-order chi connectivity index (χ0) is 17.6. The third kappa shape index (κ3) is 5.46. The van der Waals surface area contributed by atoms with E-state index in [1.807, 2.05) is 0 Å². The SMILES string of the molecule is CC1CCCCN1CCNC(=O)c1ccc(NC(=O)NC2CC2)cc1. The summed E-state index contributed by atoms with van der Waals surface area (Å²) < 4.78 is 0. The summed E-state index contributed by atoms with van der Waals surface area (Å²) in [5.41, 5.74) is 1.30. The largest absolute Gasteiger partial charge is 0.351 e. The molecule has 1 aromatic rings. The van der Waals surface area contributed by atoms with Crippen molar-refractivity contribution in [1.29, 1.82) is 0 Å². The van der Waals surface area contributed by atoms with Crippen molar-refractivity contribution in [1.82, 2.24) is 15.5 Å². The van der Waals surface area contributed by atoms with Crippen LogP contribution in [0.25, 0.3) is 0 Å². The van der Waals surface area contributed by atoms with E-state index >= 15 is 0 Å². The van der Waals surface area contributed by atoms with E-state index in [0.29, 0.717) is 29.9 Å². The first-order chi connectivity index (χ1) is 12.1. The standard InChI is InChI=1S/C19H28N4O2/c1-14-4-2-3-12-23(14)13-11-20-18(24)15-5-7-16(8-6-15)21-19(25)22-17-9-10-17/h5-8,14,17H,2-4,9-13H2,1H3,(H,20,24)(H2,21,22,25). The molecule has 2 fully saturated rings. The zero-order valence-corrected chi connectivity index (χ0v) is 14.9. The minimum atomic E-state index is -0.185. The van der Waals surface area contributed by atoms with Crippen LogP contribution >= 0.6 is 0 Å². The third-order valence-corrected chi connectivity index (χ3v) is 4.94. The van der Waals surface area contributed by atoms with Crippen molar-refractivity contribution >= 4 is 17.6 Å². The lowest BCUT2D eigenvalue weighted by molar-refractivity contribution is 0.0938. The van der Waals surface area contributed by atoms with Gasteiger partial charge in [0.05, 0.1) is 0 Å². The summed E-state index contributed by atoms with van der Waals surface area (Å²) in [6.07, 6.45) is 5.92. The molecular weight excluding hydrogens is 316 g/mol. The second kappa shape index (κ2) is 8.34. The van der Waals surface area contributed by atoms with Gasteiger partial charge in [0.25, 0.3) is 5.91 Å². The molecule has 3 amide bonds. The Kier molecular flexibility index (Phi) is 5.91. The van der Waals surface area contributed by atoms with Crippen molar-refractivity contribution in [3.05, 3.63) is 29.8 Å². The van der Waals surface area contributed by atoms with Crippen LogP contribution in [0.15, 0.2) is 24.3 Å². The Morgan fingerprint density at radius 2 is 1.88 bits per heavy atom. The summed E-state index contributed by atoms with van der Waals surface area (Å²) in [7, 11) is 0. The van der Waals surface area contributed by atoms with Crippen molar-refractivity contribution in [3.63, 3.8) is 0 Å². The van der Waals surface area contributed by atoms with Gasteiger partial charge in [0.2, 0.25) is 0 Å². The van der Waals surface area contributed by atoms with Gasteiger partial charge in [-0.2, -0.15) is 0 Å². The molecule has 1 aliphatic carbocycles. The van der Waals surface area contributed by atoms with E-state index in [0.717, 1.165) is 25.9 Å². The third-order valence-electron chi connectivity index (χ3n) is 4.94. The first-order valence-corrected chi connectivity index (χ1v) is 9.31. The van der Waals surface area contributed by atoms with E-state index in [1.165, 1.54) is 19.3 Å². The number of benzene rings is 1. The van der Waals surface area contributed by atoms with E-state index < -0.39 is 0 Å². The van der Waals surface area contributed by atoms with Crippen LogP contribution in [0.3, 0.4) is 0 Å². The van der Waals surface area contributed by atoms with Gasteiger partial charge in [-0.05, 0) is 63.4 Å². The molecule has 6 nitrogen and oxygen atoms in total. The predicted molar refractivity (Wildman–Crippen MR) is 98.8 cm³/mol. The average molecular weight is 344 g/mol. The fourth-order valence-corrected chi connectivity index (χ4v) is 3.19. The number of hydrogen-bond acceptors (Lipinski definition) is 3. The lowest BCUT2D eigenvalue weighted by Gasteiger charge is -2.33. The van der Waals surface area contributed by atoms with Gasteiger partial charge in [0, 0.05) is 36.4 Å². The molecule has 1 saturated carbocycles. The number of carbonyl (C=O) groups excluding carboxylic acids is 2. The van der Waals surface area contributed by atoms with Crippen molar-refractivity contribution in [3.8, 4) is 0 Å². The molecule has 136 valence electrons. The first-order valence-electron chi connectivity index (χ1n) is 9.31. The number of anilines is 1. The molecule has 0 bridgehead atoms. The zero-order valence-electron chi connectivity index (χ0n) is 14.9. The summed E-state index contributed by atoms with van der Waals surface area (Å²) >= 11 is 0. The van der Waals surface area contributed by atoms with Crippen LogP contribution < -0.4 is 16.0 Å². The summed E-state index contributed by atoms with van der Waals surface area (Å²) in [5.74, 6) is -0.0707. The van der Waals surface area contributed by atoms with Gasteiger partial charge in [0.15, 0.2) is 0 Å². The Labute approximate surface area is 149 Å². The van der Waals surface area contributed by atoms with Crippen LogP contribution in [0.2, 0.25) is 0 Å². The molecule has 0 spiro atoms. The molecule has 0 aromatic heterocycles. The summed E-state index contributed by atoms with van der Waals surface area (Å²) in [6, 6.07) is 7.75.